The molecule has 5 nitrogen and oxygen atoms in total. The van der Waals surface area contributed by atoms with E-state index in [0.717, 1.165) is 5.69 Å². The van der Waals surface area contributed by atoms with Gasteiger partial charge in [0, 0.05) is 25.5 Å². The summed E-state index contributed by atoms with van der Waals surface area (Å²) in [5, 5.41) is 6.17. The molecule has 1 amide bonds. The molecule has 0 aliphatic rings. The summed E-state index contributed by atoms with van der Waals surface area (Å²) >= 11 is 5.74. The summed E-state index contributed by atoms with van der Waals surface area (Å²) in [5.41, 5.74) is 0.763. The van der Waals surface area contributed by atoms with E-state index < -0.39 is 0 Å². The number of hydrogen-bond donors (Lipinski definition) is 2. The van der Waals surface area contributed by atoms with E-state index >= 15 is 0 Å². The van der Waals surface area contributed by atoms with E-state index in [1.54, 1.807) is 32.4 Å². The van der Waals surface area contributed by atoms with E-state index in [-0.39, 0.29) is 11.9 Å². The van der Waals surface area contributed by atoms with Gasteiger partial charge in [0.15, 0.2) is 0 Å². The van der Waals surface area contributed by atoms with Crippen LogP contribution in [0.25, 0.3) is 0 Å². The Labute approximate surface area is 106 Å². The molecular formula is C11H16ClN3O2. The van der Waals surface area contributed by atoms with E-state index in [0.29, 0.717) is 18.3 Å². The molecule has 0 saturated carbocycles. The molecule has 0 bridgehead atoms. The molecule has 1 atom stereocenters. The number of amides is 1. The molecule has 0 spiro atoms. The number of methoxy groups -OCH3 is 1. The number of hydrogen-bond acceptors (Lipinski definition) is 4. The Morgan fingerprint density at radius 1 is 1.65 bits per heavy atom. The lowest BCUT2D eigenvalue weighted by Crippen LogP contribution is -2.39. The molecule has 0 aromatic carbocycles. The van der Waals surface area contributed by atoms with Crippen LogP contribution < -0.4 is 10.6 Å². The molecule has 1 aromatic heterocycles. The van der Waals surface area contributed by atoms with Crippen molar-refractivity contribution in [1.29, 1.82) is 0 Å². The normalized spacial score (nSPS) is 11.9. The van der Waals surface area contributed by atoms with Crippen molar-refractivity contribution in [3.63, 3.8) is 0 Å². The third-order valence-corrected chi connectivity index (χ3v) is 2.32. The Morgan fingerprint density at radius 2 is 2.41 bits per heavy atom. The van der Waals surface area contributed by atoms with Crippen LogP contribution in [0.5, 0.6) is 0 Å². The Bertz CT molecular complexity index is 373. The second kappa shape index (κ2) is 7.09. The molecule has 2 N–H and O–H groups in total. The highest BCUT2D eigenvalue weighted by Gasteiger charge is 2.11. The van der Waals surface area contributed by atoms with E-state index in [1.165, 1.54) is 0 Å². The molecule has 0 radical (unpaired) electrons. The molecule has 17 heavy (non-hydrogen) atoms. The van der Waals surface area contributed by atoms with Crippen molar-refractivity contribution < 1.29 is 9.53 Å². The van der Waals surface area contributed by atoms with E-state index in [2.05, 4.69) is 15.6 Å². The van der Waals surface area contributed by atoms with Crippen LogP contribution in [0, 0.1) is 0 Å². The Hall–Kier alpha value is -1.33. The van der Waals surface area contributed by atoms with Gasteiger partial charge in [-0.1, -0.05) is 11.6 Å². The van der Waals surface area contributed by atoms with Crippen LogP contribution in [0.15, 0.2) is 18.3 Å². The minimum atomic E-state index is -0.342. The molecule has 1 aromatic rings. The maximum absolute atomic E-state index is 11.6. The highest BCUT2D eigenvalue weighted by molar-refractivity contribution is 6.29. The maximum Gasteiger partial charge on any atom is 0.242 e. The second-order valence-corrected chi connectivity index (χ2v) is 3.90. The number of halogens is 1. The van der Waals surface area contributed by atoms with Gasteiger partial charge in [-0.3, -0.25) is 4.79 Å². The largest absolute Gasteiger partial charge is 0.383 e. The topological polar surface area (TPSA) is 63.2 Å². The monoisotopic (exact) mass is 257 g/mol. The molecule has 0 aliphatic carbocycles. The van der Waals surface area contributed by atoms with Gasteiger partial charge in [0.05, 0.1) is 6.61 Å². The number of rotatable bonds is 6. The summed E-state index contributed by atoms with van der Waals surface area (Å²) in [6.45, 7) is 2.77. The lowest BCUT2D eigenvalue weighted by atomic mass is 10.3. The first-order chi connectivity index (χ1) is 8.13. The van der Waals surface area contributed by atoms with Crippen LogP contribution in [0.3, 0.4) is 0 Å². The van der Waals surface area contributed by atoms with Gasteiger partial charge in [-0.25, -0.2) is 4.98 Å². The number of anilines is 1. The van der Waals surface area contributed by atoms with E-state index in [9.17, 15) is 4.79 Å². The maximum atomic E-state index is 11.6. The van der Waals surface area contributed by atoms with E-state index in [4.69, 9.17) is 16.3 Å². The zero-order chi connectivity index (χ0) is 12.7. The van der Waals surface area contributed by atoms with Crippen molar-refractivity contribution in [1.82, 2.24) is 10.3 Å². The van der Waals surface area contributed by atoms with Gasteiger partial charge in [-0.2, -0.15) is 0 Å². The smallest absolute Gasteiger partial charge is 0.242 e. The number of aromatic nitrogens is 1. The van der Waals surface area contributed by atoms with E-state index in [1.807, 2.05) is 0 Å². The summed E-state index contributed by atoms with van der Waals surface area (Å²) in [6, 6.07) is 3.08. The summed E-state index contributed by atoms with van der Waals surface area (Å²) in [6.07, 6.45) is 1.58. The third kappa shape index (κ3) is 5.01. The number of carbonyl (C=O) groups excluding carboxylic acids is 1. The number of carbonyl (C=O) groups is 1. The molecule has 0 saturated heterocycles. The predicted molar refractivity (Wildman–Crippen MR) is 67.2 cm³/mol. The lowest BCUT2D eigenvalue weighted by molar-refractivity contribution is -0.121. The fourth-order valence-corrected chi connectivity index (χ4v) is 1.41. The lowest BCUT2D eigenvalue weighted by Gasteiger charge is -2.15. The van der Waals surface area contributed by atoms with Crippen molar-refractivity contribution in [2.45, 2.75) is 13.0 Å². The van der Waals surface area contributed by atoms with Crippen LogP contribution in [0.4, 0.5) is 5.69 Å². The van der Waals surface area contributed by atoms with Gasteiger partial charge >= 0.3 is 0 Å². The van der Waals surface area contributed by atoms with Crippen molar-refractivity contribution in [2.75, 3.05) is 25.6 Å². The number of nitrogens with zero attached hydrogens (tertiary/aromatic N) is 1. The van der Waals surface area contributed by atoms with Gasteiger partial charge in [0.1, 0.15) is 11.2 Å². The van der Waals surface area contributed by atoms with Crippen LogP contribution in [-0.4, -0.2) is 37.2 Å². The molecule has 1 rings (SSSR count). The summed E-state index contributed by atoms with van der Waals surface area (Å²) < 4.78 is 4.85. The second-order valence-electron chi connectivity index (χ2n) is 3.52. The van der Waals surface area contributed by atoms with Crippen LogP contribution in [0.1, 0.15) is 6.92 Å². The van der Waals surface area contributed by atoms with Crippen LogP contribution >= 0.6 is 11.6 Å². The average Bonchev–Trinajstić information content (AvgIpc) is 2.29. The van der Waals surface area contributed by atoms with Crippen LogP contribution in [0.2, 0.25) is 5.15 Å². The van der Waals surface area contributed by atoms with Gasteiger partial charge < -0.3 is 15.4 Å². The molecular weight excluding hydrogens is 242 g/mol. The summed E-state index contributed by atoms with van der Waals surface area (Å²) in [4.78, 5) is 15.5. The number of ether oxygens (including phenoxy) is 1. The fraction of sp³-hybridized carbons (Fsp3) is 0.455. The molecule has 94 valence electrons. The van der Waals surface area contributed by atoms with Gasteiger partial charge in [-0.15, -0.1) is 0 Å². The number of nitrogens with one attached hydrogen (secondary N) is 2. The Balaban J connectivity index is 2.43. The van der Waals surface area contributed by atoms with Gasteiger partial charge in [0.2, 0.25) is 5.91 Å². The van der Waals surface area contributed by atoms with Gasteiger partial charge in [-0.05, 0) is 19.1 Å². The molecule has 0 aliphatic heterocycles. The average molecular weight is 258 g/mol. The molecule has 1 unspecified atom stereocenters. The minimum absolute atomic E-state index is 0.0880. The van der Waals surface area contributed by atoms with Crippen molar-refractivity contribution >= 4 is 23.2 Å². The zero-order valence-electron chi connectivity index (χ0n) is 9.87. The summed E-state index contributed by atoms with van der Waals surface area (Å²) in [5.74, 6) is -0.0880. The minimum Gasteiger partial charge on any atom is -0.383 e. The predicted octanol–water partition coefficient (Wildman–Crippen LogP) is 1.30. The first-order valence-corrected chi connectivity index (χ1v) is 5.66. The molecule has 0 fully saturated rings. The standard InChI is InChI=1S/C11H16ClN3O2/c1-8(11(16)14-5-6-17-2)15-9-3-4-13-10(12)7-9/h3-4,7-8H,5-6H2,1-2H3,(H,13,15)(H,14,16). The zero-order valence-corrected chi connectivity index (χ0v) is 10.6. The highest BCUT2D eigenvalue weighted by atomic mass is 35.5. The SMILES string of the molecule is COCCNC(=O)C(C)Nc1ccnc(Cl)c1. The third-order valence-electron chi connectivity index (χ3n) is 2.11. The molecule has 6 heteroatoms. The quantitative estimate of drug-likeness (QED) is 0.596. The fourth-order valence-electron chi connectivity index (χ4n) is 1.24. The Kier molecular flexibility index (Phi) is 5.72. The van der Waals surface area contributed by atoms with Crippen molar-refractivity contribution in [2.24, 2.45) is 0 Å². The number of pyridine rings is 1. The van der Waals surface area contributed by atoms with Crippen molar-refractivity contribution in [3.8, 4) is 0 Å². The Morgan fingerprint density at radius 3 is 3.06 bits per heavy atom. The van der Waals surface area contributed by atoms with Crippen molar-refractivity contribution in [3.05, 3.63) is 23.5 Å². The van der Waals surface area contributed by atoms with Gasteiger partial charge in [0.25, 0.3) is 0 Å². The first kappa shape index (κ1) is 13.7. The molecule has 1 heterocycles. The highest BCUT2D eigenvalue weighted by Crippen LogP contribution is 2.12. The first-order valence-electron chi connectivity index (χ1n) is 5.28. The summed E-state index contributed by atoms with van der Waals surface area (Å²) in [7, 11) is 1.59. The van der Waals surface area contributed by atoms with Crippen LogP contribution in [-0.2, 0) is 9.53 Å².